The summed E-state index contributed by atoms with van der Waals surface area (Å²) in [7, 11) is 0. The van der Waals surface area contributed by atoms with Crippen molar-refractivity contribution in [2.24, 2.45) is 5.92 Å². The second kappa shape index (κ2) is 8.39. The molecule has 0 atom stereocenters. The molecule has 1 N–H and O–H groups in total. The highest BCUT2D eigenvalue weighted by atomic mass is 79.9. The van der Waals surface area contributed by atoms with Crippen molar-refractivity contribution in [2.45, 2.75) is 19.3 Å². The van der Waals surface area contributed by atoms with E-state index in [0.29, 0.717) is 49.4 Å². The van der Waals surface area contributed by atoms with Crippen LogP contribution in [0.2, 0.25) is 0 Å². The van der Waals surface area contributed by atoms with Crippen molar-refractivity contribution in [3.05, 3.63) is 52.3 Å². The van der Waals surface area contributed by atoms with Crippen molar-refractivity contribution in [2.75, 3.05) is 31.6 Å². The first-order valence-electron chi connectivity index (χ1n) is 9.48. The molecule has 2 aliphatic rings. The number of carbonyl (C=O) groups excluding carboxylic acids is 1. The molecular weight excluding hydrogens is 427 g/mol. The highest BCUT2D eigenvalue weighted by Gasteiger charge is 2.24. The second-order valence-corrected chi connectivity index (χ2v) is 8.02. The first-order chi connectivity index (χ1) is 13.6. The number of likely N-dealkylation sites (tertiary alicyclic amines) is 1. The number of amides is 2. The zero-order valence-electron chi connectivity index (χ0n) is 15.4. The number of nitrogens with zero attached hydrogens (tertiary/aromatic N) is 1. The molecule has 28 heavy (non-hydrogen) atoms. The van der Waals surface area contributed by atoms with Crippen LogP contribution in [0.5, 0.6) is 11.5 Å². The third-order valence-electron chi connectivity index (χ3n) is 5.19. The van der Waals surface area contributed by atoms with E-state index in [9.17, 15) is 9.18 Å². The third-order valence-corrected chi connectivity index (χ3v) is 5.84. The quantitative estimate of drug-likeness (QED) is 0.730. The number of hydrogen-bond donors (Lipinski definition) is 1. The minimum atomic E-state index is -0.195. The minimum Gasteiger partial charge on any atom is -0.486 e. The SMILES string of the molecule is O=C(Nc1cc2c(cc1Br)OCCO2)N1CCC(Cc2cccc(F)c2)CC1. The fourth-order valence-corrected chi connectivity index (χ4v) is 4.11. The Kier molecular flexibility index (Phi) is 5.71. The van der Waals surface area contributed by atoms with Crippen LogP contribution in [0, 0.1) is 11.7 Å². The van der Waals surface area contributed by atoms with Gasteiger partial charge in [0.25, 0.3) is 0 Å². The van der Waals surface area contributed by atoms with E-state index in [1.807, 2.05) is 17.0 Å². The van der Waals surface area contributed by atoms with Gasteiger partial charge in [-0.1, -0.05) is 12.1 Å². The first-order valence-corrected chi connectivity index (χ1v) is 10.3. The molecular formula is C21H22BrFN2O3. The highest BCUT2D eigenvalue weighted by Crippen LogP contribution is 2.38. The Balaban J connectivity index is 1.33. The van der Waals surface area contributed by atoms with Gasteiger partial charge in [0, 0.05) is 29.7 Å². The number of nitrogens with one attached hydrogen (secondary N) is 1. The highest BCUT2D eigenvalue weighted by molar-refractivity contribution is 9.10. The molecule has 0 saturated carbocycles. The normalized spacial score (nSPS) is 16.7. The lowest BCUT2D eigenvalue weighted by Gasteiger charge is -2.32. The fraction of sp³-hybridized carbons (Fsp3) is 0.381. The van der Waals surface area contributed by atoms with Crippen LogP contribution < -0.4 is 14.8 Å². The summed E-state index contributed by atoms with van der Waals surface area (Å²) in [6.45, 7) is 2.40. The largest absolute Gasteiger partial charge is 0.486 e. The molecule has 2 aromatic rings. The van der Waals surface area contributed by atoms with Crippen molar-refractivity contribution in [1.29, 1.82) is 0 Å². The molecule has 0 radical (unpaired) electrons. The van der Waals surface area contributed by atoms with Crippen molar-refractivity contribution in [3.8, 4) is 11.5 Å². The second-order valence-electron chi connectivity index (χ2n) is 7.17. The number of carbonyl (C=O) groups is 1. The van der Waals surface area contributed by atoms with Crippen LogP contribution >= 0.6 is 15.9 Å². The lowest BCUT2D eigenvalue weighted by Crippen LogP contribution is -2.41. The fourth-order valence-electron chi connectivity index (χ4n) is 3.69. The summed E-state index contributed by atoms with van der Waals surface area (Å²) in [4.78, 5) is 14.5. The van der Waals surface area contributed by atoms with Crippen LogP contribution in [-0.2, 0) is 6.42 Å². The van der Waals surface area contributed by atoms with Gasteiger partial charge in [0.15, 0.2) is 11.5 Å². The van der Waals surface area contributed by atoms with Crippen LogP contribution in [0.3, 0.4) is 0 Å². The molecule has 1 fully saturated rings. The molecule has 0 aromatic heterocycles. The summed E-state index contributed by atoms with van der Waals surface area (Å²) < 4.78 is 25.2. The molecule has 7 heteroatoms. The number of urea groups is 1. The number of ether oxygens (including phenoxy) is 2. The van der Waals surface area contributed by atoms with Gasteiger partial charge in [0.05, 0.1) is 5.69 Å². The standard InChI is InChI=1S/C21H22BrFN2O3/c22-17-12-19-20(28-9-8-27-19)13-18(17)24-21(26)25-6-4-14(5-7-25)10-15-2-1-3-16(23)11-15/h1-3,11-14H,4-10H2,(H,24,26). The van der Waals surface area contributed by atoms with E-state index >= 15 is 0 Å². The molecule has 2 aliphatic heterocycles. The van der Waals surface area contributed by atoms with E-state index < -0.39 is 0 Å². The number of fused-ring (bicyclic) bond motifs is 1. The van der Waals surface area contributed by atoms with E-state index in [0.717, 1.165) is 29.3 Å². The van der Waals surface area contributed by atoms with E-state index in [-0.39, 0.29) is 11.8 Å². The van der Waals surface area contributed by atoms with Gasteiger partial charge in [-0.05, 0) is 58.8 Å². The number of hydrogen-bond acceptors (Lipinski definition) is 3. The molecule has 0 spiro atoms. The van der Waals surface area contributed by atoms with Crippen LogP contribution in [0.4, 0.5) is 14.9 Å². The molecule has 2 heterocycles. The van der Waals surface area contributed by atoms with Gasteiger partial charge in [-0.15, -0.1) is 0 Å². The molecule has 5 nitrogen and oxygen atoms in total. The monoisotopic (exact) mass is 448 g/mol. The number of benzene rings is 2. The molecule has 0 unspecified atom stereocenters. The summed E-state index contributed by atoms with van der Waals surface area (Å²) in [6, 6.07) is 10.2. The van der Waals surface area contributed by atoms with Gasteiger partial charge in [-0.2, -0.15) is 0 Å². The van der Waals surface area contributed by atoms with Crippen LogP contribution in [0.1, 0.15) is 18.4 Å². The molecule has 2 amide bonds. The van der Waals surface area contributed by atoms with Crippen LogP contribution in [0.25, 0.3) is 0 Å². The van der Waals surface area contributed by atoms with Gasteiger partial charge in [0.1, 0.15) is 19.0 Å². The summed E-state index contributed by atoms with van der Waals surface area (Å²) in [6.07, 6.45) is 2.67. The Hall–Kier alpha value is -2.28. The average Bonchev–Trinajstić information content (AvgIpc) is 2.69. The summed E-state index contributed by atoms with van der Waals surface area (Å²) in [5.74, 6) is 1.58. The Bertz CT molecular complexity index is 869. The van der Waals surface area contributed by atoms with Crippen molar-refractivity contribution in [1.82, 2.24) is 4.90 Å². The molecule has 0 bridgehead atoms. The lowest BCUT2D eigenvalue weighted by atomic mass is 9.90. The molecule has 2 aromatic carbocycles. The van der Waals surface area contributed by atoms with E-state index in [1.165, 1.54) is 6.07 Å². The Morgan fingerprint density at radius 1 is 1.14 bits per heavy atom. The zero-order chi connectivity index (χ0) is 19.5. The Morgan fingerprint density at radius 2 is 1.86 bits per heavy atom. The Morgan fingerprint density at radius 3 is 2.57 bits per heavy atom. The van der Waals surface area contributed by atoms with Crippen LogP contribution in [0.15, 0.2) is 40.9 Å². The summed E-state index contributed by atoms with van der Waals surface area (Å²) in [5, 5.41) is 2.96. The summed E-state index contributed by atoms with van der Waals surface area (Å²) >= 11 is 3.48. The van der Waals surface area contributed by atoms with Gasteiger partial charge in [-0.3, -0.25) is 0 Å². The number of anilines is 1. The maximum absolute atomic E-state index is 13.4. The first kappa shape index (κ1) is 19.1. The average molecular weight is 449 g/mol. The topological polar surface area (TPSA) is 50.8 Å². The smallest absolute Gasteiger partial charge is 0.321 e. The van der Waals surface area contributed by atoms with Gasteiger partial charge < -0.3 is 19.7 Å². The van der Waals surface area contributed by atoms with Gasteiger partial charge in [0.2, 0.25) is 0 Å². The number of rotatable bonds is 3. The zero-order valence-corrected chi connectivity index (χ0v) is 17.0. The molecule has 1 saturated heterocycles. The number of halogens is 2. The molecule has 148 valence electrons. The molecule has 0 aliphatic carbocycles. The maximum Gasteiger partial charge on any atom is 0.321 e. The van der Waals surface area contributed by atoms with Crippen molar-refractivity contribution in [3.63, 3.8) is 0 Å². The minimum absolute atomic E-state index is 0.124. The summed E-state index contributed by atoms with van der Waals surface area (Å²) in [5.41, 5.74) is 1.68. The Labute approximate surface area is 171 Å². The maximum atomic E-state index is 13.4. The van der Waals surface area contributed by atoms with Crippen molar-refractivity contribution < 1.29 is 18.7 Å². The van der Waals surface area contributed by atoms with E-state index in [2.05, 4.69) is 21.2 Å². The van der Waals surface area contributed by atoms with E-state index in [1.54, 1.807) is 18.2 Å². The van der Waals surface area contributed by atoms with Crippen molar-refractivity contribution >= 4 is 27.6 Å². The predicted octanol–water partition coefficient (Wildman–Crippen LogP) is 4.85. The lowest BCUT2D eigenvalue weighted by molar-refractivity contribution is 0.171. The predicted molar refractivity (Wildman–Crippen MR) is 109 cm³/mol. The third kappa shape index (κ3) is 4.41. The van der Waals surface area contributed by atoms with E-state index in [4.69, 9.17) is 9.47 Å². The van der Waals surface area contributed by atoms with Crippen LogP contribution in [-0.4, -0.2) is 37.2 Å². The molecule has 4 rings (SSSR count). The number of piperidine rings is 1. The van der Waals surface area contributed by atoms with Gasteiger partial charge >= 0.3 is 6.03 Å². The van der Waals surface area contributed by atoms with Gasteiger partial charge in [-0.25, -0.2) is 9.18 Å².